The van der Waals surface area contributed by atoms with Gasteiger partial charge in [-0.05, 0) is 32.6 Å². The van der Waals surface area contributed by atoms with Crippen molar-refractivity contribution in [3.05, 3.63) is 0 Å². The van der Waals surface area contributed by atoms with Gasteiger partial charge in [-0.1, -0.05) is 6.42 Å². The second-order valence-corrected chi connectivity index (χ2v) is 5.41. The first-order valence-electron chi connectivity index (χ1n) is 7.29. The highest BCUT2D eigenvalue weighted by molar-refractivity contribution is 5.77. The molecule has 0 spiro atoms. The number of hydrogen-bond acceptors (Lipinski definition) is 3. The summed E-state index contributed by atoms with van der Waals surface area (Å²) in [4.78, 5) is 14.2. The number of aliphatic hydroxyl groups is 1. The third kappa shape index (κ3) is 3.04. The van der Waals surface area contributed by atoms with E-state index in [0.29, 0.717) is 25.6 Å². The van der Waals surface area contributed by atoms with E-state index in [-0.39, 0.29) is 18.1 Å². The molecular formula is C14H25NO3. The Morgan fingerprint density at radius 2 is 2.17 bits per heavy atom. The molecule has 0 aromatic carbocycles. The summed E-state index contributed by atoms with van der Waals surface area (Å²) in [5.41, 5.74) is 0. The van der Waals surface area contributed by atoms with Gasteiger partial charge in [0.1, 0.15) is 0 Å². The summed E-state index contributed by atoms with van der Waals surface area (Å²) in [5.74, 6) is 0.508. The van der Waals surface area contributed by atoms with Gasteiger partial charge in [0.05, 0.1) is 19.1 Å². The zero-order valence-electron chi connectivity index (χ0n) is 11.3. The number of rotatable bonds is 5. The molecule has 2 aliphatic rings. The van der Waals surface area contributed by atoms with Gasteiger partial charge in [0.15, 0.2) is 0 Å². The molecule has 1 aliphatic carbocycles. The fraction of sp³-hybridized carbons (Fsp3) is 0.929. The molecule has 2 fully saturated rings. The predicted molar refractivity (Wildman–Crippen MR) is 69.2 cm³/mol. The second-order valence-electron chi connectivity index (χ2n) is 5.41. The highest BCUT2D eigenvalue weighted by Crippen LogP contribution is 2.35. The molecule has 0 aromatic rings. The third-order valence-electron chi connectivity index (χ3n) is 4.31. The Balaban J connectivity index is 1.88. The highest BCUT2D eigenvalue weighted by Gasteiger charge is 2.39. The fourth-order valence-corrected chi connectivity index (χ4v) is 3.41. The van der Waals surface area contributed by atoms with Crippen LogP contribution in [0.3, 0.4) is 0 Å². The van der Waals surface area contributed by atoms with E-state index in [1.807, 2.05) is 11.8 Å². The Hall–Kier alpha value is -0.610. The van der Waals surface area contributed by atoms with Crippen molar-refractivity contribution in [2.75, 3.05) is 19.8 Å². The van der Waals surface area contributed by atoms with Gasteiger partial charge in [0.25, 0.3) is 0 Å². The number of aliphatic hydroxyl groups excluding tert-OH is 1. The maximum Gasteiger partial charge on any atom is 0.225 e. The minimum atomic E-state index is -0.199. The quantitative estimate of drug-likeness (QED) is 0.759. The van der Waals surface area contributed by atoms with E-state index in [9.17, 15) is 9.90 Å². The average molecular weight is 255 g/mol. The standard InChI is InChI=1S/C14H25NO3/c1-2-18-10-8-14(17)15-9-4-6-12(15)11-5-3-7-13(11)16/h11-13,16H,2-10H2,1H3. The molecule has 0 aromatic heterocycles. The van der Waals surface area contributed by atoms with Crippen LogP contribution in [0, 0.1) is 5.92 Å². The van der Waals surface area contributed by atoms with Crippen LogP contribution in [0.1, 0.15) is 45.4 Å². The Morgan fingerprint density at radius 3 is 2.83 bits per heavy atom. The van der Waals surface area contributed by atoms with Gasteiger partial charge < -0.3 is 14.7 Å². The van der Waals surface area contributed by atoms with Crippen LogP contribution in [0.25, 0.3) is 0 Å². The van der Waals surface area contributed by atoms with Crippen molar-refractivity contribution in [1.29, 1.82) is 0 Å². The van der Waals surface area contributed by atoms with Crippen LogP contribution >= 0.6 is 0 Å². The lowest BCUT2D eigenvalue weighted by molar-refractivity contribution is -0.134. The minimum Gasteiger partial charge on any atom is -0.393 e. The first-order valence-corrected chi connectivity index (χ1v) is 7.29. The van der Waals surface area contributed by atoms with E-state index >= 15 is 0 Å². The van der Waals surface area contributed by atoms with Gasteiger partial charge in [-0.15, -0.1) is 0 Å². The van der Waals surface area contributed by atoms with Crippen LogP contribution in [0.2, 0.25) is 0 Å². The van der Waals surface area contributed by atoms with E-state index in [4.69, 9.17) is 4.74 Å². The van der Waals surface area contributed by atoms with Crippen LogP contribution in [-0.2, 0) is 9.53 Å². The highest BCUT2D eigenvalue weighted by atomic mass is 16.5. The number of likely N-dealkylation sites (tertiary alicyclic amines) is 1. The molecule has 4 nitrogen and oxygen atoms in total. The van der Waals surface area contributed by atoms with Gasteiger partial charge in [-0.3, -0.25) is 4.79 Å². The summed E-state index contributed by atoms with van der Waals surface area (Å²) >= 11 is 0. The van der Waals surface area contributed by atoms with Crippen LogP contribution in [-0.4, -0.2) is 47.8 Å². The molecule has 0 radical (unpaired) electrons. The summed E-state index contributed by atoms with van der Waals surface area (Å²) in [5, 5.41) is 10.0. The number of carbonyl (C=O) groups excluding carboxylic acids is 1. The lowest BCUT2D eigenvalue weighted by Gasteiger charge is -2.31. The van der Waals surface area contributed by atoms with Crippen LogP contribution in [0.15, 0.2) is 0 Å². The molecule has 0 bridgehead atoms. The van der Waals surface area contributed by atoms with Crippen molar-refractivity contribution in [3.63, 3.8) is 0 Å². The van der Waals surface area contributed by atoms with E-state index in [1.165, 1.54) is 0 Å². The fourth-order valence-electron chi connectivity index (χ4n) is 3.41. The normalized spacial score (nSPS) is 32.1. The smallest absolute Gasteiger partial charge is 0.225 e. The average Bonchev–Trinajstić information content (AvgIpc) is 2.97. The Morgan fingerprint density at radius 1 is 1.33 bits per heavy atom. The van der Waals surface area contributed by atoms with Crippen LogP contribution in [0.4, 0.5) is 0 Å². The third-order valence-corrected chi connectivity index (χ3v) is 4.31. The van der Waals surface area contributed by atoms with E-state index in [1.54, 1.807) is 0 Å². The SMILES string of the molecule is CCOCCC(=O)N1CCCC1C1CCCC1O. The largest absolute Gasteiger partial charge is 0.393 e. The lowest BCUT2D eigenvalue weighted by atomic mass is 9.94. The topological polar surface area (TPSA) is 49.8 Å². The van der Waals surface area contributed by atoms with Crippen molar-refractivity contribution in [2.24, 2.45) is 5.92 Å². The van der Waals surface area contributed by atoms with Gasteiger partial charge in [0.2, 0.25) is 5.91 Å². The maximum absolute atomic E-state index is 12.2. The molecule has 1 amide bonds. The maximum atomic E-state index is 12.2. The lowest BCUT2D eigenvalue weighted by Crippen LogP contribution is -2.42. The van der Waals surface area contributed by atoms with Crippen molar-refractivity contribution in [2.45, 2.75) is 57.6 Å². The number of nitrogens with zero attached hydrogens (tertiary/aromatic N) is 1. The first kappa shape index (κ1) is 13.8. The Kier molecular flexibility index (Phi) is 5.01. The molecular weight excluding hydrogens is 230 g/mol. The molecule has 2 rings (SSSR count). The molecule has 3 unspecified atom stereocenters. The Bertz CT molecular complexity index is 282. The van der Waals surface area contributed by atoms with Crippen LogP contribution < -0.4 is 0 Å². The Labute approximate surface area is 109 Å². The number of carbonyl (C=O) groups is 1. The number of ether oxygens (including phenoxy) is 1. The van der Waals surface area contributed by atoms with Gasteiger partial charge in [-0.2, -0.15) is 0 Å². The van der Waals surface area contributed by atoms with E-state index < -0.39 is 0 Å². The summed E-state index contributed by atoms with van der Waals surface area (Å²) in [7, 11) is 0. The number of amides is 1. The predicted octanol–water partition coefficient (Wildman–Crippen LogP) is 1.56. The summed E-state index contributed by atoms with van der Waals surface area (Å²) in [6.07, 6.45) is 5.49. The minimum absolute atomic E-state index is 0.199. The van der Waals surface area contributed by atoms with Gasteiger partial charge >= 0.3 is 0 Å². The zero-order chi connectivity index (χ0) is 13.0. The second kappa shape index (κ2) is 6.53. The van der Waals surface area contributed by atoms with Crippen molar-refractivity contribution in [3.8, 4) is 0 Å². The molecule has 1 heterocycles. The van der Waals surface area contributed by atoms with Crippen LogP contribution in [0.5, 0.6) is 0 Å². The number of hydrogen-bond donors (Lipinski definition) is 1. The molecule has 1 saturated heterocycles. The molecule has 104 valence electrons. The van der Waals surface area contributed by atoms with Crippen molar-refractivity contribution >= 4 is 5.91 Å². The molecule has 1 saturated carbocycles. The monoisotopic (exact) mass is 255 g/mol. The van der Waals surface area contributed by atoms with Crippen molar-refractivity contribution < 1.29 is 14.6 Å². The zero-order valence-corrected chi connectivity index (χ0v) is 11.3. The summed E-state index contributed by atoms with van der Waals surface area (Å²) in [6, 6.07) is 0.275. The summed E-state index contributed by atoms with van der Waals surface area (Å²) < 4.78 is 5.25. The van der Waals surface area contributed by atoms with E-state index in [0.717, 1.165) is 38.6 Å². The first-order chi connectivity index (χ1) is 8.74. The molecule has 1 N–H and O–H groups in total. The molecule has 1 aliphatic heterocycles. The van der Waals surface area contributed by atoms with E-state index in [2.05, 4.69) is 0 Å². The summed E-state index contributed by atoms with van der Waals surface area (Å²) in [6.45, 7) is 3.99. The molecule has 18 heavy (non-hydrogen) atoms. The van der Waals surface area contributed by atoms with Crippen molar-refractivity contribution in [1.82, 2.24) is 4.90 Å². The van der Waals surface area contributed by atoms with Gasteiger partial charge in [-0.25, -0.2) is 0 Å². The van der Waals surface area contributed by atoms with Gasteiger partial charge in [0, 0.05) is 25.1 Å². The molecule has 3 atom stereocenters. The molecule has 4 heteroatoms.